The minimum Gasteiger partial charge on any atom is -0.482 e. The first-order valence-electron chi connectivity index (χ1n) is 21.6. The monoisotopic (exact) mass is 762 g/mol. The summed E-state index contributed by atoms with van der Waals surface area (Å²) in [5.74, 6) is 1.50. The van der Waals surface area contributed by atoms with Crippen molar-refractivity contribution in [3.05, 3.63) is 58.7 Å². The summed E-state index contributed by atoms with van der Waals surface area (Å²) in [6, 6.07) is 11.9. The number of fused-ring (bicyclic) bond motifs is 4. The lowest BCUT2D eigenvalue weighted by atomic mass is 9.73. The number of hydrogen-bond acceptors (Lipinski definition) is 8. The van der Waals surface area contributed by atoms with E-state index in [1.807, 2.05) is 24.3 Å². The van der Waals surface area contributed by atoms with Gasteiger partial charge in [0.25, 0.3) is 0 Å². The summed E-state index contributed by atoms with van der Waals surface area (Å²) in [5.41, 5.74) is 4.56. The highest BCUT2D eigenvalue weighted by molar-refractivity contribution is 5.71. The van der Waals surface area contributed by atoms with Crippen molar-refractivity contribution in [1.29, 1.82) is 0 Å². The number of aliphatic hydroxyl groups is 3. The summed E-state index contributed by atoms with van der Waals surface area (Å²) in [4.78, 5) is 24.8. The fraction of sp³-hybridized carbons (Fsp3) is 0.696. The van der Waals surface area contributed by atoms with E-state index < -0.39 is 5.97 Å². The van der Waals surface area contributed by atoms with Crippen LogP contribution < -0.4 is 9.47 Å². The molecule has 2 aromatic carbocycles. The number of unbranched alkanes of at least 4 members (excludes halogenated alkanes) is 4. The van der Waals surface area contributed by atoms with Crippen LogP contribution in [0.2, 0.25) is 0 Å². The van der Waals surface area contributed by atoms with Gasteiger partial charge >= 0.3 is 11.9 Å². The molecule has 0 spiro atoms. The maximum absolute atomic E-state index is 13.6. The van der Waals surface area contributed by atoms with E-state index in [4.69, 9.17) is 14.2 Å². The first-order valence-corrected chi connectivity index (χ1v) is 21.6. The molecule has 4 aliphatic rings. The molecular weight excluding hydrogens is 696 g/mol. The second-order valence-electron chi connectivity index (χ2n) is 17.3. The van der Waals surface area contributed by atoms with Crippen LogP contribution in [-0.4, -0.2) is 70.0 Å². The molecule has 55 heavy (non-hydrogen) atoms. The molecule has 2 fully saturated rings. The van der Waals surface area contributed by atoms with E-state index in [9.17, 15) is 30.0 Å². The van der Waals surface area contributed by atoms with Gasteiger partial charge in [-0.3, -0.25) is 0 Å². The van der Waals surface area contributed by atoms with Crippen molar-refractivity contribution in [3.8, 4) is 11.5 Å². The lowest BCUT2D eigenvalue weighted by molar-refractivity contribution is -0.153. The van der Waals surface area contributed by atoms with Gasteiger partial charge in [-0.25, -0.2) is 9.59 Å². The first kappa shape index (κ1) is 41.5. The number of carboxylic acid groups (broad SMARTS) is 1. The van der Waals surface area contributed by atoms with E-state index in [2.05, 4.69) is 26.0 Å². The van der Waals surface area contributed by atoms with Gasteiger partial charge in [0.05, 0.1) is 18.3 Å². The summed E-state index contributed by atoms with van der Waals surface area (Å²) >= 11 is 0. The van der Waals surface area contributed by atoms with E-state index in [1.54, 1.807) is 0 Å². The number of carbonyl (C=O) groups excluding carboxylic acids is 1. The third-order valence-corrected chi connectivity index (χ3v) is 13.6. The molecular formula is C46H66O9. The molecule has 0 aromatic heterocycles. The van der Waals surface area contributed by atoms with Gasteiger partial charge < -0.3 is 34.6 Å². The summed E-state index contributed by atoms with van der Waals surface area (Å²) in [7, 11) is 0. The van der Waals surface area contributed by atoms with Gasteiger partial charge in [-0.1, -0.05) is 76.6 Å². The van der Waals surface area contributed by atoms with Crippen molar-refractivity contribution < 1.29 is 44.2 Å². The summed E-state index contributed by atoms with van der Waals surface area (Å²) in [6.45, 7) is 3.77. The van der Waals surface area contributed by atoms with Crippen LogP contribution >= 0.6 is 0 Å². The van der Waals surface area contributed by atoms with Crippen molar-refractivity contribution in [2.24, 2.45) is 35.5 Å². The van der Waals surface area contributed by atoms with E-state index in [1.165, 1.54) is 5.56 Å². The quantitative estimate of drug-likeness (QED) is 0.0746. The lowest BCUT2D eigenvalue weighted by Gasteiger charge is -2.33. The van der Waals surface area contributed by atoms with Gasteiger partial charge in [-0.2, -0.15) is 0 Å². The molecule has 10 atom stereocenters. The van der Waals surface area contributed by atoms with Crippen molar-refractivity contribution in [2.75, 3.05) is 13.2 Å². The van der Waals surface area contributed by atoms with Gasteiger partial charge in [0.2, 0.25) is 0 Å². The zero-order valence-electron chi connectivity index (χ0n) is 33.2. The van der Waals surface area contributed by atoms with Crippen molar-refractivity contribution in [3.63, 3.8) is 0 Å². The fourth-order valence-corrected chi connectivity index (χ4v) is 10.8. The minimum absolute atomic E-state index is 0.104. The summed E-state index contributed by atoms with van der Waals surface area (Å²) in [6.07, 6.45) is 14.6. The van der Waals surface area contributed by atoms with Crippen molar-refractivity contribution in [2.45, 2.75) is 154 Å². The number of ether oxygens (including phenoxy) is 3. The van der Waals surface area contributed by atoms with Crippen LogP contribution in [0.5, 0.6) is 11.5 Å². The number of aliphatic carboxylic acids is 1. The first-order chi connectivity index (χ1) is 26.6. The molecule has 4 N–H and O–H groups in total. The molecule has 0 unspecified atom stereocenters. The maximum atomic E-state index is 13.6. The number of aliphatic hydroxyl groups excluding tert-OH is 3. The Morgan fingerprint density at radius 1 is 0.691 bits per heavy atom. The van der Waals surface area contributed by atoms with Crippen LogP contribution in [-0.2, 0) is 40.0 Å². The average Bonchev–Trinajstić information content (AvgIpc) is 3.66. The summed E-state index contributed by atoms with van der Waals surface area (Å²) in [5, 5.41) is 41.8. The van der Waals surface area contributed by atoms with E-state index in [0.29, 0.717) is 36.2 Å². The van der Waals surface area contributed by atoms with Crippen LogP contribution in [0.15, 0.2) is 36.4 Å². The molecule has 304 valence electrons. The number of hydrogen-bond donors (Lipinski definition) is 4. The normalized spacial score (nSPS) is 27.7. The summed E-state index contributed by atoms with van der Waals surface area (Å²) < 4.78 is 18.2. The van der Waals surface area contributed by atoms with Crippen LogP contribution in [0.1, 0.15) is 126 Å². The topological polar surface area (TPSA) is 143 Å². The van der Waals surface area contributed by atoms with E-state index in [0.717, 1.165) is 119 Å². The Morgan fingerprint density at radius 3 is 1.78 bits per heavy atom. The third kappa shape index (κ3) is 10.6. The third-order valence-electron chi connectivity index (χ3n) is 13.6. The fourth-order valence-electron chi connectivity index (χ4n) is 10.8. The number of esters is 1. The molecule has 4 aliphatic carbocycles. The Hall–Kier alpha value is -3.14. The van der Waals surface area contributed by atoms with Crippen LogP contribution in [0.3, 0.4) is 0 Å². The second kappa shape index (κ2) is 19.8. The molecule has 2 saturated carbocycles. The average molecular weight is 763 g/mol. The highest BCUT2D eigenvalue weighted by atomic mass is 16.6. The molecule has 0 aliphatic heterocycles. The predicted octanol–water partition coefficient (Wildman–Crippen LogP) is 7.65. The second-order valence-corrected chi connectivity index (χ2v) is 17.3. The molecule has 0 amide bonds. The highest BCUT2D eigenvalue weighted by Crippen LogP contribution is 2.50. The molecule has 0 saturated heterocycles. The largest absolute Gasteiger partial charge is 0.482 e. The smallest absolute Gasteiger partial charge is 0.344 e. The molecule has 0 bridgehead atoms. The number of carboxylic acids is 1. The van der Waals surface area contributed by atoms with Gasteiger partial charge in [-0.15, -0.1) is 0 Å². The Balaban J connectivity index is 1.08. The zero-order chi connectivity index (χ0) is 38.9. The lowest BCUT2D eigenvalue weighted by Crippen LogP contribution is -2.31. The van der Waals surface area contributed by atoms with E-state index >= 15 is 0 Å². The maximum Gasteiger partial charge on any atom is 0.344 e. The number of carbonyl (C=O) groups is 2. The molecule has 0 radical (unpaired) electrons. The Morgan fingerprint density at radius 2 is 1.22 bits per heavy atom. The van der Waals surface area contributed by atoms with Crippen molar-refractivity contribution >= 4 is 11.9 Å². The molecule has 6 rings (SSSR count). The molecule has 9 nitrogen and oxygen atoms in total. The van der Waals surface area contributed by atoms with Gasteiger partial charge in [0, 0.05) is 0 Å². The zero-order valence-corrected chi connectivity index (χ0v) is 33.2. The number of benzene rings is 2. The SMILES string of the molecule is CCCCC[C@H](O)CC[C@@H]1[C@H]2Cc3cccc(OCC(=O)O[C@@H]4C[C@@H]5Cc6c(cccc6OCC(=O)O)C[C@@H]5[C@H]4CC[C@@H](O)CCCCC)c3C[C@H]2C[C@H]1O. The molecule has 0 heterocycles. The Labute approximate surface area is 328 Å². The predicted molar refractivity (Wildman–Crippen MR) is 211 cm³/mol. The van der Waals surface area contributed by atoms with Gasteiger partial charge in [0.1, 0.15) is 17.6 Å². The van der Waals surface area contributed by atoms with Gasteiger partial charge in [-0.05, 0) is 147 Å². The van der Waals surface area contributed by atoms with Gasteiger partial charge in [0.15, 0.2) is 13.2 Å². The van der Waals surface area contributed by atoms with E-state index in [-0.39, 0.29) is 67.3 Å². The number of rotatable bonds is 21. The van der Waals surface area contributed by atoms with Crippen LogP contribution in [0.25, 0.3) is 0 Å². The highest BCUT2D eigenvalue weighted by Gasteiger charge is 2.48. The Kier molecular flexibility index (Phi) is 15.0. The van der Waals surface area contributed by atoms with Crippen LogP contribution in [0.4, 0.5) is 0 Å². The minimum atomic E-state index is -1.01. The van der Waals surface area contributed by atoms with Crippen molar-refractivity contribution in [1.82, 2.24) is 0 Å². The molecule has 2 aromatic rings. The standard InChI is InChI=1S/C46H66O9/c1-3-5-7-13-33(47)17-19-35-37-21-29-11-10-16-43(39(29)23-31(37)25-41(35)49)54-28-46(52)55-44-26-32-24-40-30(12-9-15-42(40)53-27-45(50)51)22-38(32)36(44)20-18-34(48)14-8-6-4-2/h9-12,15-16,31-38,41,44,47-49H,3-8,13-14,17-28H2,1-2H3,(H,50,51)/t31-,32-,33-,34-,35+,36+,37-,38-,41+,44+/m0/s1. The Bertz CT molecular complexity index is 1560. The molecule has 9 heteroatoms. The van der Waals surface area contributed by atoms with Crippen LogP contribution in [0, 0.1) is 35.5 Å².